The van der Waals surface area contributed by atoms with Gasteiger partial charge < -0.3 is 10.4 Å². The summed E-state index contributed by atoms with van der Waals surface area (Å²) >= 11 is 1.80. The van der Waals surface area contributed by atoms with Gasteiger partial charge in [0.25, 0.3) is 0 Å². The number of phenolic OH excluding ortho intramolecular Hbond substituents is 1. The maximum atomic E-state index is 9.48. The highest BCUT2D eigenvalue weighted by Gasteiger charge is 2.10. The Balaban J connectivity index is 1.92. The molecule has 2 atom stereocenters. The molecule has 0 aliphatic rings. The van der Waals surface area contributed by atoms with E-state index in [9.17, 15) is 5.11 Å². The van der Waals surface area contributed by atoms with Gasteiger partial charge in [-0.2, -0.15) is 0 Å². The second kappa shape index (κ2) is 6.03. The Labute approximate surface area is 112 Å². The van der Waals surface area contributed by atoms with Crippen molar-refractivity contribution >= 4 is 11.3 Å². The summed E-state index contributed by atoms with van der Waals surface area (Å²) in [6.45, 7) is 4.32. The van der Waals surface area contributed by atoms with Crippen LogP contribution in [-0.2, 0) is 6.42 Å². The topological polar surface area (TPSA) is 32.3 Å². The molecule has 1 aromatic heterocycles. The Kier molecular flexibility index (Phi) is 4.39. The third-order valence-electron chi connectivity index (χ3n) is 2.99. The van der Waals surface area contributed by atoms with Crippen LogP contribution >= 0.6 is 11.3 Å². The van der Waals surface area contributed by atoms with E-state index in [1.54, 1.807) is 17.4 Å². The molecule has 1 aromatic carbocycles. The van der Waals surface area contributed by atoms with Gasteiger partial charge in [-0.05, 0) is 49.4 Å². The van der Waals surface area contributed by atoms with Crippen LogP contribution in [0.4, 0.5) is 0 Å². The molecule has 96 valence electrons. The molecular formula is C15H19NOS. The molecule has 2 N–H and O–H groups in total. The molecule has 2 nitrogen and oxygen atoms in total. The molecule has 18 heavy (non-hydrogen) atoms. The van der Waals surface area contributed by atoms with Crippen LogP contribution in [0.3, 0.4) is 0 Å². The lowest BCUT2D eigenvalue weighted by atomic mass is 10.1. The van der Waals surface area contributed by atoms with Gasteiger partial charge >= 0.3 is 0 Å². The van der Waals surface area contributed by atoms with Crippen molar-refractivity contribution in [3.8, 4) is 5.75 Å². The standard InChI is InChI=1S/C15H19NOS/c1-11(9-15-7-4-8-18-15)16-12(2)13-5-3-6-14(17)10-13/h3-8,10-12,16-17H,9H2,1-2H3. The number of hydrogen-bond donors (Lipinski definition) is 2. The molecule has 0 amide bonds. The average Bonchev–Trinajstić information content (AvgIpc) is 2.81. The van der Waals surface area contributed by atoms with Crippen molar-refractivity contribution in [2.45, 2.75) is 32.4 Å². The number of hydrogen-bond acceptors (Lipinski definition) is 3. The second-order valence-electron chi connectivity index (χ2n) is 4.67. The van der Waals surface area contributed by atoms with E-state index in [2.05, 4.69) is 36.7 Å². The molecule has 0 saturated carbocycles. The van der Waals surface area contributed by atoms with E-state index in [-0.39, 0.29) is 6.04 Å². The fourth-order valence-corrected chi connectivity index (χ4v) is 2.94. The van der Waals surface area contributed by atoms with E-state index in [0.717, 1.165) is 12.0 Å². The number of nitrogens with one attached hydrogen (secondary N) is 1. The number of rotatable bonds is 5. The second-order valence-corrected chi connectivity index (χ2v) is 5.70. The zero-order valence-corrected chi connectivity index (χ0v) is 11.6. The van der Waals surface area contributed by atoms with Gasteiger partial charge in [0.1, 0.15) is 5.75 Å². The Morgan fingerprint density at radius 1 is 1.22 bits per heavy atom. The van der Waals surface area contributed by atoms with Crippen molar-refractivity contribution in [2.75, 3.05) is 0 Å². The molecule has 0 aliphatic heterocycles. The van der Waals surface area contributed by atoms with Gasteiger partial charge in [0, 0.05) is 17.0 Å². The minimum absolute atomic E-state index is 0.243. The Bertz CT molecular complexity index is 481. The minimum Gasteiger partial charge on any atom is -0.508 e. The fourth-order valence-electron chi connectivity index (χ4n) is 2.11. The van der Waals surface area contributed by atoms with Gasteiger partial charge in [0.2, 0.25) is 0 Å². The van der Waals surface area contributed by atoms with Gasteiger partial charge in [-0.1, -0.05) is 18.2 Å². The Morgan fingerprint density at radius 2 is 2.06 bits per heavy atom. The van der Waals surface area contributed by atoms with Crippen molar-refractivity contribution < 1.29 is 5.11 Å². The lowest BCUT2D eigenvalue weighted by Gasteiger charge is -2.20. The number of phenols is 1. The molecule has 0 saturated heterocycles. The van der Waals surface area contributed by atoms with E-state index in [4.69, 9.17) is 0 Å². The van der Waals surface area contributed by atoms with Crippen LogP contribution in [0.5, 0.6) is 5.75 Å². The van der Waals surface area contributed by atoms with E-state index in [0.29, 0.717) is 11.8 Å². The Morgan fingerprint density at radius 3 is 2.72 bits per heavy atom. The molecule has 0 radical (unpaired) electrons. The van der Waals surface area contributed by atoms with Crippen LogP contribution in [0.15, 0.2) is 41.8 Å². The van der Waals surface area contributed by atoms with Gasteiger partial charge in [-0.15, -0.1) is 11.3 Å². The van der Waals surface area contributed by atoms with E-state index in [1.165, 1.54) is 4.88 Å². The molecule has 2 unspecified atom stereocenters. The van der Waals surface area contributed by atoms with Crippen LogP contribution in [0, 0.1) is 0 Å². The first-order chi connectivity index (χ1) is 8.65. The van der Waals surface area contributed by atoms with Crippen molar-refractivity contribution in [1.29, 1.82) is 0 Å². The first kappa shape index (κ1) is 13.1. The monoisotopic (exact) mass is 261 g/mol. The van der Waals surface area contributed by atoms with Crippen molar-refractivity contribution in [3.63, 3.8) is 0 Å². The molecule has 0 bridgehead atoms. The lowest BCUT2D eigenvalue weighted by Crippen LogP contribution is -2.30. The summed E-state index contributed by atoms with van der Waals surface area (Å²) in [5.74, 6) is 0.326. The van der Waals surface area contributed by atoms with Crippen molar-refractivity contribution in [2.24, 2.45) is 0 Å². The predicted octanol–water partition coefficient (Wildman–Crippen LogP) is 3.74. The van der Waals surface area contributed by atoms with Gasteiger partial charge in [0.05, 0.1) is 0 Å². The molecule has 2 rings (SSSR count). The van der Waals surface area contributed by atoms with E-state index >= 15 is 0 Å². The van der Waals surface area contributed by atoms with E-state index < -0.39 is 0 Å². The average molecular weight is 261 g/mol. The zero-order valence-electron chi connectivity index (χ0n) is 10.8. The third kappa shape index (κ3) is 3.59. The van der Waals surface area contributed by atoms with Crippen LogP contribution in [-0.4, -0.2) is 11.1 Å². The lowest BCUT2D eigenvalue weighted by molar-refractivity contribution is 0.462. The maximum Gasteiger partial charge on any atom is 0.115 e. The van der Waals surface area contributed by atoms with Crippen LogP contribution in [0.25, 0.3) is 0 Å². The highest BCUT2D eigenvalue weighted by atomic mass is 32.1. The summed E-state index contributed by atoms with van der Waals surface area (Å²) in [5, 5.41) is 15.1. The zero-order chi connectivity index (χ0) is 13.0. The predicted molar refractivity (Wildman–Crippen MR) is 77.1 cm³/mol. The van der Waals surface area contributed by atoms with E-state index in [1.807, 2.05) is 18.2 Å². The normalized spacial score (nSPS) is 14.3. The van der Waals surface area contributed by atoms with Crippen molar-refractivity contribution in [1.82, 2.24) is 5.32 Å². The molecular weight excluding hydrogens is 242 g/mol. The molecule has 0 aliphatic carbocycles. The summed E-state index contributed by atoms with van der Waals surface area (Å²) < 4.78 is 0. The van der Waals surface area contributed by atoms with Gasteiger partial charge in [0.15, 0.2) is 0 Å². The summed E-state index contributed by atoms with van der Waals surface area (Å²) in [7, 11) is 0. The van der Waals surface area contributed by atoms with Crippen LogP contribution in [0.2, 0.25) is 0 Å². The molecule has 3 heteroatoms. The summed E-state index contributed by atoms with van der Waals surface area (Å²) in [4.78, 5) is 1.40. The Hall–Kier alpha value is -1.32. The number of aromatic hydroxyl groups is 1. The first-order valence-electron chi connectivity index (χ1n) is 6.22. The van der Waals surface area contributed by atoms with Crippen molar-refractivity contribution in [3.05, 3.63) is 52.2 Å². The summed E-state index contributed by atoms with van der Waals surface area (Å²) in [6, 6.07) is 12.4. The van der Waals surface area contributed by atoms with Gasteiger partial charge in [-0.25, -0.2) is 0 Å². The largest absolute Gasteiger partial charge is 0.508 e. The quantitative estimate of drug-likeness (QED) is 0.859. The highest BCUT2D eigenvalue weighted by Crippen LogP contribution is 2.19. The van der Waals surface area contributed by atoms with Crippen LogP contribution < -0.4 is 5.32 Å². The minimum atomic E-state index is 0.243. The molecule has 0 fully saturated rings. The maximum absolute atomic E-state index is 9.48. The van der Waals surface area contributed by atoms with Gasteiger partial charge in [-0.3, -0.25) is 0 Å². The number of thiophene rings is 1. The number of benzene rings is 1. The summed E-state index contributed by atoms with van der Waals surface area (Å²) in [6.07, 6.45) is 1.04. The molecule has 1 heterocycles. The third-order valence-corrected chi connectivity index (χ3v) is 3.89. The smallest absolute Gasteiger partial charge is 0.115 e. The summed E-state index contributed by atoms with van der Waals surface area (Å²) in [5.41, 5.74) is 1.12. The fraction of sp³-hybridized carbons (Fsp3) is 0.333. The molecule has 2 aromatic rings. The highest BCUT2D eigenvalue weighted by molar-refractivity contribution is 7.09. The first-order valence-corrected chi connectivity index (χ1v) is 7.10. The molecule has 0 spiro atoms. The SMILES string of the molecule is CC(Cc1cccs1)NC(C)c1cccc(O)c1. The van der Waals surface area contributed by atoms with Crippen LogP contribution in [0.1, 0.15) is 30.3 Å².